The molecule has 0 aromatic carbocycles. The third-order valence-corrected chi connectivity index (χ3v) is 3.62. The molecule has 4 heteroatoms. The maximum Gasteiger partial charge on any atom is 0.140 e. The molecule has 0 saturated carbocycles. The lowest BCUT2D eigenvalue weighted by atomic mass is 10.0. The molecule has 0 aliphatic carbocycles. The molecule has 2 fully saturated rings. The number of hydrogen-bond donors (Lipinski definition) is 1. The van der Waals surface area contributed by atoms with E-state index in [4.69, 9.17) is 5.26 Å². The number of nitrogens with one attached hydrogen (secondary N) is 1. The van der Waals surface area contributed by atoms with Gasteiger partial charge < -0.3 is 10.2 Å². The van der Waals surface area contributed by atoms with Crippen molar-refractivity contribution in [2.75, 3.05) is 31.1 Å². The summed E-state index contributed by atoms with van der Waals surface area (Å²) >= 11 is 0. The number of anilines is 1. The minimum Gasteiger partial charge on any atom is -0.370 e. The van der Waals surface area contributed by atoms with Crippen molar-refractivity contribution in [3.05, 3.63) is 24.0 Å². The Hall–Kier alpha value is -1.60. The van der Waals surface area contributed by atoms with E-state index in [9.17, 15) is 0 Å². The van der Waals surface area contributed by atoms with Gasteiger partial charge in [0.25, 0.3) is 0 Å². The van der Waals surface area contributed by atoms with E-state index in [1.165, 1.54) is 0 Å². The minimum atomic E-state index is 0.491. The topological polar surface area (TPSA) is 52.0 Å². The summed E-state index contributed by atoms with van der Waals surface area (Å²) in [6.07, 6.45) is 1.81. The number of aromatic nitrogens is 1. The van der Waals surface area contributed by atoms with Crippen molar-refractivity contribution in [1.82, 2.24) is 10.3 Å². The fourth-order valence-corrected chi connectivity index (χ4v) is 2.71. The van der Waals surface area contributed by atoms with Crippen molar-refractivity contribution in [2.45, 2.75) is 0 Å². The van der Waals surface area contributed by atoms with Gasteiger partial charge >= 0.3 is 0 Å². The van der Waals surface area contributed by atoms with Crippen LogP contribution in [0.25, 0.3) is 0 Å². The molecule has 1 N–H and O–H groups in total. The van der Waals surface area contributed by atoms with E-state index in [0.29, 0.717) is 5.69 Å². The van der Waals surface area contributed by atoms with Crippen LogP contribution >= 0.6 is 0 Å². The standard InChI is InChI=1S/C12H14N4/c13-3-11-1-2-12(6-15-11)16-7-9-4-14-5-10(9)8-16/h1-2,6,9-10,14H,4-5,7-8H2. The average Bonchev–Trinajstić information content (AvgIpc) is 2.89. The molecule has 0 spiro atoms. The first-order valence-electron chi connectivity index (χ1n) is 5.68. The van der Waals surface area contributed by atoms with Crippen molar-refractivity contribution < 1.29 is 0 Å². The summed E-state index contributed by atoms with van der Waals surface area (Å²) in [5.41, 5.74) is 1.64. The van der Waals surface area contributed by atoms with Crippen molar-refractivity contribution >= 4 is 5.69 Å². The second kappa shape index (κ2) is 3.76. The van der Waals surface area contributed by atoms with Crippen LogP contribution in [0.3, 0.4) is 0 Å². The van der Waals surface area contributed by atoms with Crippen molar-refractivity contribution in [3.63, 3.8) is 0 Å². The molecule has 2 aliphatic rings. The van der Waals surface area contributed by atoms with Gasteiger partial charge in [-0.15, -0.1) is 0 Å². The summed E-state index contributed by atoms with van der Waals surface area (Å²) < 4.78 is 0. The first-order chi connectivity index (χ1) is 7.86. The average molecular weight is 214 g/mol. The third-order valence-electron chi connectivity index (χ3n) is 3.62. The first kappa shape index (κ1) is 9.61. The van der Waals surface area contributed by atoms with Gasteiger partial charge in [0.15, 0.2) is 0 Å². The van der Waals surface area contributed by atoms with Crippen molar-refractivity contribution in [2.24, 2.45) is 11.8 Å². The molecule has 2 atom stereocenters. The van der Waals surface area contributed by atoms with Crippen LogP contribution < -0.4 is 10.2 Å². The van der Waals surface area contributed by atoms with E-state index in [2.05, 4.69) is 15.2 Å². The predicted molar refractivity (Wildman–Crippen MR) is 61.0 cm³/mol. The molecule has 2 aliphatic heterocycles. The van der Waals surface area contributed by atoms with Crippen LogP contribution in [0.2, 0.25) is 0 Å². The highest BCUT2D eigenvalue weighted by molar-refractivity contribution is 5.47. The monoisotopic (exact) mass is 214 g/mol. The molecule has 0 amide bonds. The lowest BCUT2D eigenvalue weighted by Gasteiger charge is -2.19. The third kappa shape index (κ3) is 1.54. The van der Waals surface area contributed by atoms with Gasteiger partial charge in [-0.2, -0.15) is 5.26 Å². The number of rotatable bonds is 1. The molecule has 2 saturated heterocycles. The van der Waals surface area contributed by atoms with Gasteiger partial charge in [0.1, 0.15) is 11.8 Å². The minimum absolute atomic E-state index is 0.491. The van der Waals surface area contributed by atoms with Gasteiger partial charge in [-0.05, 0) is 24.0 Å². The lowest BCUT2D eigenvalue weighted by Crippen LogP contribution is -2.25. The summed E-state index contributed by atoms with van der Waals surface area (Å²) in [7, 11) is 0. The van der Waals surface area contributed by atoms with Gasteiger partial charge in [-0.1, -0.05) is 0 Å². The Labute approximate surface area is 94.9 Å². The number of nitrogens with zero attached hydrogens (tertiary/aromatic N) is 3. The quantitative estimate of drug-likeness (QED) is 0.744. The number of fused-ring (bicyclic) bond motifs is 1. The van der Waals surface area contributed by atoms with Gasteiger partial charge in [-0.3, -0.25) is 0 Å². The van der Waals surface area contributed by atoms with Crippen LogP contribution in [-0.4, -0.2) is 31.2 Å². The molecule has 16 heavy (non-hydrogen) atoms. The molecule has 0 bridgehead atoms. The van der Waals surface area contributed by atoms with E-state index >= 15 is 0 Å². The Bertz CT molecular complexity index is 408. The second-order valence-corrected chi connectivity index (χ2v) is 4.60. The molecule has 3 heterocycles. The molecule has 2 unspecified atom stereocenters. The largest absolute Gasteiger partial charge is 0.370 e. The normalized spacial score (nSPS) is 27.8. The van der Waals surface area contributed by atoms with Crippen LogP contribution in [0.4, 0.5) is 5.69 Å². The Morgan fingerprint density at radius 1 is 1.31 bits per heavy atom. The van der Waals surface area contributed by atoms with E-state index in [0.717, 1.165) is 43.7 Å². The Kier molecular flexibility index (Phi) is 2.26. The zero-order chi connectivity index (χ0) is 11.0. The summed E-state index contributed by atoms with van der Waals surface area (Å²) in [6, 6.07) is 5.84. The van der Waals surface area contributed by atoms with E-state index in [1.807, 2.05) is 18.3 Å². The molecule has 1 aromatic rings. The predicted octanol–water partition coefficient (Wildman–Crippen LogP) is 0.609. The molecular weight excluding hydrogens is 200 g/mol. The second-order valence-electron chi connectivity index (χ2n) is 4.60. The van der Waals surface area contributed by atoms with E-state index < -0.39 is 0 Å². The summed E-state index contributed by atoms with van der Waals surface area (Å²) in [6.45, 7) is 4.52. The highest BCUT2D eigenvalue weighted by atomic mass is 15.2. The highest BCUT2D eigenvalue weighted by Gasteiger charge is 2.36. The van der Waals surface area contributed by atoms with Gasteiger partial charge in [0.05, 0.1) is 11.9 Å². The van der Waals surface area contributed by atoms with Crippen molar-refractivity contribution in [1.29, 1.82) is 5.26 Å². The van der Waals surface area contributed by atoms with Crippen molar-refractivity contribution in [3.8, 4) is 6.07 Å². The van der Waals surface area contributed by atoms with Crippen LogP contribution in [0.1, 0.15) is 5.69 Å². The maximum absolute atomic E-state index is 8.69. The molecule has 82 valence electrons. The van der Waals surface area contributed by atoms with E-state index in [1.54, 1.807) is 6.07 Å². The van der Waals surface area contributed by atoms with Crippen LogP contribution in [0.5, 0.6) is 0 Å². The molecule has 0 radical (unpaired) electrons. The number of hydrogen-bond acceptors (Lipinski definition) is 4. The van der Waals surface area contributed by atoms with Crippen LogP contribution in [0.15, 0.2) is 18.3 Å². The smallest absolute Gasteiger partial charge is 0.140 e. The number of pyridine rings is 1. The van der Waals surface area contributed by atoms with Gasteiger partial charge in [-0.25, -0.2) is 4.98 Å². The first-order valence-corrected chi connectivity index (χ1v) is 5.68. The molecule has 3 rings (SSSR count). The lowest BCUT2D eigenvalue weighted by molar-refractivity contribution is 0.533. The SMILES string of the molecule is N#Cc1ccc(N2CC3CNCC3C2)cn1. The summed E-state index contributed by atoms with van der Waals surface area (Å²) in [4.78, 5) is 6.50. The zero-order valence-corrected chi connectivity index (χ0v) is 9.06. The van der Waals surface area contributed by atoms with Gasteiger partial charge in [0.2, 0.25) is 0 Å². The Balaban J connectivity index is 1.76. The van der Waals surface area contributed by atoms with Crippen LogP contribution in [0, 0.1) is 23.2 Å². The Morgan fingerprint density at radius 2 is 2.06 bits per heavy atom. The molecule has 1 aromatic heterocycles. The molecular formula is C12H14N4. The molecule has 4 nitrogen and oxygen atoms in total. The fourth-order valence-electron chi connectivity index (χ4n) is 2.71. The van der Waals surface area contributed by atoms with Gasteiger partial charge in [0, 0.05) is 26.2 Å². The van der Waals surface area contributed by atoms with E-state index in [-0.39, 0.29) is 0 Å². The fraction of sp³-hybridized carbons (Fsp3) is 0.500. The highest BCUT2D eigenvalue weighted by Crippen LogP contribution is 2.29. The summed E-state index contributed by atoms with van der Waals surface area (Å²) in [5, 5.41) is 12.1. The van der Waals surface area contributed by atoms with Crippen LogP contribution in [-0.2, 0) is 0 Å². The Morgan fingerprint density at radius 3 is 2.62 bits per heavy atom. The maximum atomic E-state index is 8.69. The zero-order valence-electron chi connectivity index (χ0n) is 9.06. The summed E-state index contributed by atoms with van der Waals surface area (Å²) in [5.74, 6) is 1.58. The number of nitriles is 1.